The fourth-order valence-corrected chi connectivity index (χ4v) is 4.68. The zero-order valence-corrected chi connectivity index (χ0v) is 15.5. The van der Waals surface area contributed by atoms with Gasteiger partial charge < -0.3 is 15.2 Å². The molecule has 3 aromatic carbocycles. The van der Waals surface area contributed by atoms with Crippen LogP contribution in [0.25, 0.3) is 10.9 Å². The second kappa shape index (κ2) is 5.58. The van der Waals surface area contributed by atoms with Gasteiger partial charge >= 0.3 is 0 Å². The number of para-hydroxylation sites is 2. The van der Waals surface area contributed by atoms with E-state index in [0.29, 0.717) is 28.7 Å². The summed E-state index contributed by atoms with van der Waals surface area (Å²) in [5, 5.41) is 4.15. The van der Waals surface area contributed by atoms with Crippen molar-refractivity contribution in [1.82, 2.24) is 9.88 Å². The summed E-state index contributed by atoms with van der Waals surface area (Å²) in [7, 11) is 0. The number of aromatic amines is 1. The molecular formula is C24H17N3O2. The van der Waals surface area contributed by atoms with Gasteiger partial charge in [0, 0.05) is 22.2 Å². The third-order valence-electron chi connectivity index (χ3n) is 5.99. The van der Waals surface area contributed by atoms with Gasteiger partial charge in [0.05, 0.1) is 12.1 Å². The first kappa shape index (κ1) is 16.1. The fourth-order valence-electron chi connectivity index (χ4n) is 4.68. The SMILES string of the molecule is O=C1c2[nH]c3ccccc3c(=O)c2C2(c3ccccc3)Nc3ccccc3CN12. The smallest absolute Gasteiger partial charge is 0.273 e. The zero-order valence-electron chi connectivity index (χ0n) is 15.5. The Kier molecular flexibility index (Phi) is 3.10. The van der Waals surface area contributed by atoms with Crippen LogP contribution < -0.4 is 10.7 Å². The molecule has 4 aromatic rings. The molecule has 0 aliphatic carbocycles. The zero-order chi connectivity index (χ0) is 19.6. The Bertz CT molecular complexity index is 1360. The lowest BCUT2D eigenvalue weighted by Gasteiger charge is -2.44. The molecule has 1 unspecified atom stereocenters. The average Bonchev–Trinajstić information content (AvgIpc) is 3.02. The largest absolute Gasteiger partial charge is 0.355 e. The summed E-state index contributed by atoms with van der Waals surface area (Å²) in [6.07, 6.45) is 0. The van der Waals surface area contributed by atoms with Gasteiger partial charge in [0.15, 0.2) is 11.1 Å². The molecule has 0 bridgehead atoms. The highest BCUT2D eigenvalue weighted by atomic mass is 16.2. The van der Waals surface area contributed by atoms with E-state index in [9.17, 15) is 9.59 Å². The molecule has 5 heteroatoms. The Hall–Kier alpha value is -3.86. The molecule has 1 atom stereocenters. The number of hydrogen-bond donors (Lipinski definition) is 2. The second-order valence-corrected chi connectivity index (χ2v) is 7.50. The van der Waals surface area contributed by atoms with E-state index in [0.717, 1.165) is 16.8 Å². The summed E-state index contributed by atoms with van der Waals surface area (Å²) < 4.78 is 0. The summed E-state index contributed by atoms with van der Waals surface area (Å²) in [5.74, 6) is -0.172. The van der Waals surface area contributed by atoms with E-state index in [4.69, 9.17) is 0 Å². The molecule has 0 radical (unpaired) electrons. The standard InChI is InChI=1S/C24H17N3O2/c28-22-17-11-5-7-13-19(17)25-21-20(22)24(16-9-2-1-3-10-16)26-18-12-6-4-8-15(18)14-27(24)23(21)29/h1-13,26H,14H2,(H,25,28). The van der Waals surface area contributed by atoms with Crippen LogP contribution >= 0.6 is 0 Å². The maximum atomic E-state index is 13.7. The minimum atomic E-state index is -1.04. The summed E-state index contributed by atoms with van der Waals surface area (Å²) >= 11 is 0. The molecule has 0 fully saturated rings. The number of pyridine rings is 1. The first-order valence-electron chi connectivity index (χ1n) is 9.59. The van der Waals surface area contributed by atoms with Gasteiger partial charge in [-0.3, -0.25) is 9.59 Å². The Morgan fingerprint density at radius 2 is 1.55 bits per heavy atom. The predicted octanol–water partition coefficient (Wildman–Crippen LogP) is 3.81. The maximum absolute atomic E-state index is 13.7. The minimum absolute atomic E-state index is 0.124. The van der Waals surface area contributed by atoms with Crippen LogP contribution in [0.5, 0.6) is 0 Å². The van der Waals surface area contributed by atoms with Gasteiger partial charge in [-0.1, -0.05) is 60.7 Å². The van der Waals surface area contributed by atoms with Gasteiger partial charge in [0.25, 0.3) is 5.91 Å². The lowest BCUT2D eigenvalue weighted by atomic mass is 9.88. The number of fused-ring (bicyclic) bond motifs is 5. The van der Waals surface area contributed by atoms with E-state index in [-0.39, 0.29) is 11.3 Å². The number of nitrogens with one attached hydrogen (secondary N) is 2. The first-order valence-corrected chi connectivity index (χ1v) is 9.59. The molecular weight excluding hydrogens is 362 g/mol. The van der Waals surface area contributed by atoms with Crippen LogP contribution in [0, 0.1) is 0 Å². The van der Waals surface area contributed by atoms with Crippen LogP contribution in [0.15, 0.2) is 83.7 Å². The van der Waals surface area contributed by atoms with E-state index in [1.54, 1.807) is 11.0 Å². The van der Waals surface area contributed by atoms with Crippen LogP contribution in [-0.4, -0.2) is 15.8 Å². The van der Waals surface area contributed by atoms with Crippen molar-refractivity contribution in [2.75, 3.05) is 5.32 Å². The molecule has 3 heterocycles. The summed E-state index contributed by atoms with van der Waals surface area (Å²) in [5.41, 5.74) is 3.14. The number of carbonyl (C=O) groups is 1. The Morgan fingerprint density at radius 1 is 0.828 bits per heavy atom. The highest BCUT2D eigenvalue weighted by molar-refractivity contribution is 6.02. The maximum Gasteiger partial charge on any atom is 0.273 e. The molecule has 1 aromatic heterocycles. The number of benzene rings is 3. The summed E-state index contributed by atoms with van der Waals surface area (Å²) in [4.78, 5) is 32.2. The van der Waals surface area contributed by atoms with Gasteiger partial charge in [-0.05, 0) is 23.8 Å². The van der Waals surface area contributed by atoms with Crippen molar-refractivity contribution in [2.45, 2.75) is 12.2 Å². The van der Waals surface area contributed by atoms with Crippen molar-refractivity contribution >= 4 is 22.5 Å². The van der Waals surface area contributed by atoms with Crippen molar-refractivity contribution < 1.29 is 4.79 Å². The fraction of sp³-hybridized carbons (Fsp3) is 0.0833. The van der Waals surface area contributed by atoms with Crippen LogP contribution in [-0.2, 0) is 12.2 Å². The third kappa shape index (κ3) is 1.99. The second-order valence-electron chi connectivity index (χ2n) is 7.50. The molecule has 2 aliphatic rings. The molecule has 5 nitrogen and oxygen atoms in total. The van der Waals surface area contributed by atoms with Crippen molar-refractivity contribution in [3.8, 4) is 0 Å². The summed E-state index contributed by atoms with van der Waals surface area (Å²) in [6, 6.07) is 25.0. The van der Waals surface area contributed by atoms with E-state index >= 15 is 0 Å². The van der Waals surface area contributed by atoms with Crippen molar-refractivity contribution in [3.05, 3.63) is 111 Å². The first-order chi connectivity index (χ1) is 14.2. The van der Waals surface area contributed by atoms with Gasteiger partial charge in [-0.25, -0.2) is 0 Å². The molecule has 2 aliphatic heterocycles. The molecule has 6 rings (SSSR count). The van der Waals surface area contributed by atoms with E-state index in [2.05, 4.69) is 10.3 Å². The van der Waals surface area contributed by atoms with Crippen molar-refractivity contribution in [2.24, 2.45) is 0 Å². The number of aromatic nitrogens is 1. The lowest BCUT2D eigenvalue weighted by Crippen LogP contribution is -2.54. The third-order valence-corrected chi connectivity index (χ3v) is 5.99. The molecule has 0 spiro atoms. The molecule has 0 saturated carbocycles. The van der Waals surface area contributed by atoms with E-state index in [1.165, 1.54) is 0 Å². The van der Waals surface area contributed by atoms with Gasteiger partial charge in [-0.2, -0.15) is 0 Å². The molecule has 1 amide bonds. The monoisotopic (exact) mass is 379 g/mol. The van der Waals surface area contributed by atoms with Crippen LogP contribution in [0.3, 0.4) is 0 Å². The normalized spacial score (nSPS) is 19.4. The number of rotatable bonds is 1. The Labute approximate surface area is 166 Å². The van der Waals surface area contributed by atoms with Gasteiger partial charge in [0.1, 0.15) is 5.69 Å². The van der Waals surface area contributed by atoms with Gasteiger partial charge in [-0.15, -0.1) is 0 Å². The topological polar surface area (TPSA) is 65.2 Å². The molecule has 140 valence electrons. The minimum Gasteiger partial charge on any atom is -0.355 e. The van der Waals surface area contributed by atoms with Crippen molar-refractivity contribution in [1.29, 1.82) is 0 Å². The number of hydrogen-bond acceptors (Lipinski definition) is 3. The number of anilines is 1. The molecule has 0 saturated heterocycles. The number of H-pyrrole nitrogens is 1. The number of nitrogens with zero attached hydrogens (tertiary/aromatic N) is 1. The Morgan fingerprint density at radius 3 is 2.41 bits per heavy atom. The Balaban J connectivity index is 1.75. The van der Waals surface area contributed by atoms with Gasteiger partial charge in [0.2, 0.25) is 0 Å². The number of amides is 1. The molecule has 2 N–H and O–H groups in total. The molecule has 29 heavy (non-hydrogen) atoms. The predicted molar refractivity (Wildman–Crippen MR) is 112 cm³/mol. The average molecular weight is 379 g/mol. The van der Waals surface area contributed by atoms with E-state index < -0.39 is 5.66 Å². The van der Waals surface area contributed by atoms with Crippen molar-refractivity contribution in [3.63, 3.8) is 0 Å². The highest BCUT2D eigenvalue weighted by Crippen LogP contribution is 2.47. The van der Waals surface area contributed by atoms with Crippen LogP contribution in [0.1, 0.15) is 27.2 Å². The van der Waals surface area contributed by atoms with Crippen LogP contribution in [0.4, 0.5) is 5.69 Å². The highest BCUT2D eigenvalue weighted by Gasteiger charge is 2.55. The quantitative estimate of drug-likeness (QED) is 0.529. The van der Waals surface area contributed by atoms with E-state index in [1.807, 2.05) is 72.8 Å². The lowest BCUT2D eigenvalue weighted by molar-refractivity contribution is 0.0624. The summed E-state index contributed by atoms with van der Waals surface area (Å²) in [6.45, 7) is 0.426. The van der Waals surface area contributed by atoms with Crippen LogP contribution in [0.2, 0.25) is 0 Å². The number of carbonyl (C=O) groups excluding carboxylic acids is 1.